The highest BCUT2D eigenvalue weighted by Crippen LogP contribution is 2.22. The van der Waals surface area contributed by atoms with Gasteiger partial charge in [-0.3, -0.25) is 4.79 Å². The Morgan fingerprint density at radius 1 is 1.04 bits per heavy atom. The first-order chi connectivity index (χ1) is 13.1. The van der Waals surface area contributed by atoms with Gasteiger partial charge in [-0.2, -0.15) is 0 Å². The van der Waals surface area contributed by atoms with Gasteiger partial charge in [0.1, 0.15) is 0 Å². The number of urea groups is 1. The molecular formula is C20H20N4O2S. The molecule has 0 unspecified atom stereocenters. The first kappa shape index (κ1) is 18.6. The molecule has 27 heavy (non-hydrogen) atoms. The van der Waals surface area contributed by atoms with Gasteiger partial charge in [0.05, 0.1) is 15.2 Å². The summed E-state index contributed by atoms with van der Waals surface area (Å²) in [5, 5.41) is 9.14. The molecule has 3 N–H and O–H groups in total. The lowest BCUT2D eigenvalue weighted by Gasteiger charge is -2.08. The van der Waals surface area contributed by atoms with Crippen LogP contribution < -0.4 is 16.0 Å². The zero-order valence-corrected chi connectivity index (χ0v) is 15.5. The molecule has 138 valence electrons. The highest BCUT2D eigenvalue weighted by molar-refractivity contribution is 7.18. The van der Waals surface area contributed by atoms with Crippen LogP contribution in [0.15, 0.2) is 61.2 Å². The number of para-hydroxylation sites is 1. The van der Waals surface area contributed by atoms with E-state index >= 15 is 0 Å². The van der Waals surface area contributed by atoms with Crippen molar-refractivity contribution in [2.75, 3.05) is 17.2 Å². The van der Waals surface area contributed by atoms with Crippen LogP contribution in [0.1, 0.15) is 11.4 Å². The van der Waals surface area contributed by atoms with Gasteiger partial charge in [0, 0.05) is 30.8 Å². The Kier molecular flexibility index (Phi) is 6.17. The molecule has 0 fully saturated rings. The number of nitrogens with one attached hydrogen (secondary N) is 3. The number of anilines is 2. The topological polar surface area (TPSA) is 83.1 Å². The molecule has 0 aliphatic rings. The Morgan fingerprint density at radius 2 is 1.74 bits per heavy atom. The highest BCUT2D eigenvalue weighted by atomic mass is 32.1. The number of aromatic nitrogens is 1. The molecule has 0 atom stereocenters. The van der Waals surface area contributed by atoms with E-state index in [9.17, 15) is 9.59 Å². The van der Waals surface area contributed by atoms with Crippen LogP contribution in [0.2, 0.25) is 0 Å². The van der Waals surface area contributed by atoms with E-state index in [0.717, 1.165) is 15.2 Å². The van der Waals surface area contributed by atoms with E-state index in [4.69, 9.17) is 0 Å². The van der Waals surface area contributed by atoms with E-state index in [1.165, 1.54) is 0 Å². The Labute approximate surface area is 161 Å². The van der Waals surface area contributed by atoms with Crippen molar-refractivity contribution in [2.24, 2.45) is 0 Å². The molecule has 0 bridgehead atoms. The van der Waals surface area contributed by atoms with Crippen molar-refractivity contribution in [3.05, 3.63) is 66.2 Å². The van der Waals surface area contributed by atoms with Crippen molar-refractivity contribution in [2.45, 2.75) is 12.8 Å². The number of thiazole rings is 1. The molecule has 1 aromatic heterocycles. The average Bonchev–Trinajstić information content (AvgIpc) is 3.09. The molecule has 0 radical (unpaired) electrons. The van der Waals surface area contributed by atoms with Crippen molar-refractivity contribution >= 4 is 44.9 Å². The van der Waals surface area contributed by atoms with Crippen LogP contribution in [-0.4, -0.2) is 23.5 Å². The molecule has 3 amide bonds. The third-order valence-electron chi connectivity index (χ3n) is 3.74. The SMILES string of the molecule is C=CCNC(=O)Nc1ccc(NC(=O)CCc2nc3ccccc3s2)cc1. The first-order valence-electron chi connectivity index (χ1n) is 8.54. The van der Waals surface area contributed by atoms with Crippen molar-refractivity contribution in [1.82, 2.24) is 10.3 Å². The van der Waals surface area contributed by atoms with Gasteiger partial charge < -0.3 is 16.0 Å². The predicted octanol–water partition coefficient (Wildman–Crippen LogP) is 4.18. The number of fused-ring (bicyclic) bond motifs is 1. The fraction of sp³-hybridized carbons (Fsp3) is 0.150. The summed E-state index contributed by atoms with van der Waals surface area (Å²) in [7, 11) is 0. The lowest BCUT2D eigenvalue weighted by molar-refractivity contribution is -0.116. The van der Waals surface area contributed by atoms with Gasteiger partial charge in [-0.05, 0) is 36.4 Å². The number of hydrogen-bond donors (Lipinski definition) is 3. The molecule has 0 aliphatic carbocycles. The fourth-order valence-electron chi connectivity index (χ4n) is 2.45. The number of nitrogens with zero attached hydrogens (tertiary/aromatic N) is 1. The van der Waals surface area contributed by atoms with E-state index < -0.39 is 0 Å². The lowest BCUT2D eigenvalue weighted by Crippen LogP contribution is -2.28. The molecule has 6 nitrogen and oxygen atoms in total. The average molecular weight is 380 g/mol. The van der Waals surface area contributed by atoms with Gasteiger partial charge >= 0.3 is 6.03 Å². The smallest absolute Gasteiger partial charge is 0.319 e. The molecule has 7 heteroatoms. The molecule has 0 saturated carbocycles. The number of carbonyl (C=O) groups is 2. The summed E-state index contributed by atoms with van der Waals surface area (Å²) in [6.07, 6.45) is 2.57. The van der Waals surface area contributed by atoms with Crippen molar-refractivity contribution < 1.29 is 9.59 Å². The molecule has 3 aromatic rings. The van der Waals surface area contributed by atoms with Gasteiger partial charge in [0.2, 0.25) is 5.91 Å². The quantitative estimate of drug-likeness (QED) is 0.538. The Morgan fingerprint density at radius 3 is 2.44 bits per heavy atom. The second-order valence-corrected chi connectivity index (χ2v) is 6.94. The lowest BCUT2D eigenvalue weighted by atomic mass is 10.2. The predicted molar refractivity (Wildman–Crippen MR) is 110 cm³/mol. The molecule has 0 spiro atoms. The molecule has 1 heterocycles. The van der Waals surface area contributed by atoms with Crippen molar-refractivity contribution in [3.8, 4) is 0 Å². The van der Waals surface area contributed by atoms with Crippen LogP contribution in [0.5, 0.6) is 0 Å². The maximum Gasteiger partial charge on any atom is 0.319 e. The van der Waals surface area contributed by atoms with E-state index in [-0.39, 0.29) is 11.9 Å². The highest BCUT2D eigenvalue weighted by Gasteiger charge is 2.08. The molecule has 0 aliphatic heterocycles. The molecular weight excluding hydrogens is 360 g/mol. The van der Waals surface area contributed by atoms with E-state index in [2.05, 4.69) is 27.5 Å². The van der Waals surface area contributed by atoms with E-state index in [0.29, 0.717) is 30.8 Å². The third-order valence-corrected chi connectivity index (χ3v) is 4.83. The summed E-state index contributed by atoms with van der Waals surface area (Å²) in [5.74, 6) is -0.0707. The summed E-state index contributed by atoms with van der Waals surface area (Å²) >= 11 is 1.62. The minimum atomic E-state index is -0.303. The van der Waals surface area contributed by atoms with Gasteiger partial charge in [-0.25, -0.2) is 9.78 Å². The number of hydrogen-bond acceptors (Lipinski definition) is 4. The molecule has 2 aromatic carbocycles. The van der Waals surface area contributed by atoms with Crippen LogP contribution in [0.4, 0.5) is 16.2 Å². The Balaban J connectivity index is 1.48. The number of rotatable bonds is 7. The number of amides is 3. The van der Waals surface area contributed by atoms with E-state index in [1.54, 1.807) is 41.7 Å². The fourth-order valence-corrected chi connectivity index (χ4v) is 3.41. The van der Waals surface area contributed by atoms with Crippen LogP contribution in [0.25, 0.3) is 10.2 Å². The maximum atomic E-state index is 12.2. The zero-order valence-electron chi connectivity index (χ0n) is 14.7. The standard InChI is InChI=1S/C20H20N4O2S/c1-2-13-21-20(26)23-15-9-7-14(8-10-15)22-18(25)11-12-19-24-16-5-3-4-6-17(16)27-19/h2-10H,1,11-13H2,(H,22,25)(H2,21,23,26). The van der Waals surface area contributed by atoms with Gasteiger partial charge in [-0.15, -0.1) is 17.9 Å². The summed E-state index contributed by atoms with van der Waals surface area (Å²) in [5.41, 5.74) is 2.29. The molecule has 3 rings (SSSR count). The van der Waals surface area contributed by atoms with Crippen molar-refractivity contribution in [3.63, 3.8) is 0 Å². The summed E-state index contributed by atoms with van der Waals surface area (Å²) in [4.78, 5) is 28.3. The van der Waals surface area contributed by atoms with Crippen LogP contribution in [0.3, 0.4) is 0 Å². The second-order valence-electron chi connectivity index (χ2n) is 5.82. The number of aryl methyl sites for hydroxylation is 1. The minimum Gasteiger partial charge on any atom is -0.334 e. The van der Waals surface area contributed by atoms with Gasteiger partial charge in [-0.1, -0.05) is 18.2 Å². The summed E-state index contributed by atoms with van der Waals surface area (Å²) in [6.45, 7) is 3.94. The number of carbonyl (C=O) groups excluding carboxylic acids is 2. The molecule has 0 saturated heterocycles. The minimum absolute atomic E-state index is 0.0707. The van der Waals surface area contributed by atoms with E-state index in [1.807, 2.05) is 24.3 Å². The van der Waals surface area contributed by atoms with Crippen LogP contribution >= 0.6 is 11.3 Å². The maximum absolute atomic E-state index is 12.2. The van der Waals surface area contributed by atoms with Gasteiger partial charge in [0.15, 0.2) is 0 Å². The Bertz CT molecular complexity index is 917. The number of benzene rings is 2. The Hall–Kier alpha value is -3.19. The van der Waals surface area contributed by atoms with Crippen LogP contribution in [0, 0.1) is 0 Å². The largest absolute Gasteiger partial charge is 0.334 e. The summed E-state index contributed by atoms with van der Waals surface area (Å²) < 4.78 is 1.13. The second kappa shape index (κ2) is 8.95. The summed E-state index contributed by atoms with van der Waals surface area (Å²) in [6, 6.07) is 14.6. The van der Waals surface area contributed by atoms with Gasteiger partial charge in [0.25, 0.3) is 0 Å². The van der Waals surface area contributed by atoms with Crippen LogP contribution in [-0.2, 0) is 11.2 Å². The third kappa shape index (κ3) is 5.39. The van der Waals surface area contributed by atoms with Crippen molar-refractivity contribution in [1.29, 1.82) is 0 Å². The normalized spacial score (nSPS) is 10.4. The monoisotopic (exact) mass is 380 g/mol. The zero-order chi connectivity index (χ0) is 19.1. The first-order valence-corrected chi connectivity index (χ1v) is 9.36.